The summed E-state index contributed by atoms with van der Waals surface area (Å²) in [5, 5.41) is 16.8. The highest BCUT2D eigenvalue weighted by Crippen LogP contribution is 1.86. The third-order valence-electron chi connectivity index (χ3n) is 0.850. The zero-order valence-corrected chi connectivity index (χ0v) is 5.69. The highest BCUT2D eigenvalue weighted by molar-refractivity contribution is 5.74. The lowest BCUT2D eigenvalue weighted by atomic mass is 10.3. The Hall–Kier alpha value is -1.09. The van der Waals surface area contributed by atoms with Gasteiger partial charge in [0.05, 0.1) is 0 Å². The molecule has 56 valence electrons. The van der Waals surface area contributed by atoms with Crippen LogP contribution in [0, 0.1) is 0 Å². The van der Waals surface area contributed by atoms with Gasteiger partial charge in [-0.15, -0.1) is 0 Å². The molecule has 0 aromatic heterocycles. The molecule has 0 spiro atoms. The Kier molecular flexibility index (Phi) is 4.24. The number of rotatable bonds is 3. The highest BCUT2D eigenvalue weighted by atomic mass is 16.4. The molecule has 0 aromatic rings. The molecule has 0 radical (unpaired) electrons. The maximum Gasteiger partial charge on any atom is 0.336 e. The average molecular weight is 142 g/mol. The molecular weight excluding hydrogens is 132 g/mol. The Bertz CT molecular complexity index is 158. The number of hydrogen-bond donors (Lipinski definition) is 2. The van der Waals surface area contributed by atoms with E-state index in [0.29, 0.717) is 0 Å². The first-order chi connectivity index (χ1) is 4.68. The molecule has 3 heteroatoms. The molecule has 0 fully saturated rings. The van der Waals surface area contributed by atoms with Crippen LogP contribution >= 0.6 is 0 Å². The third-order valence-corrected chi connectivity index (χ3v) is 0.850. The van der Waals surface area contributed by atoms with Crippen molar-refractivity contribution in [3.8, 4) is 0 Å². The van der Waals surface area contributed by atoms with Crippen molar-refractivity contribution < 1.29 is 15.0 Å². The summed E-state index contributed by atoms with van der Waals surface area (Å²) < 4.78 is 0. The van der Waals surface area contributed by atoms with Gasteiger partial charge in [-0.2, -0.15) is 0 Å². The van der Waals surface area contributed by atoms with Crippen LogP contribution in [0.15, 0.2) is 24.3 Å². The fraction of sp³-hybridized carbons (Fsp3) is 0.286. The van der Waals surface area contributed by atoms with Gasteiger partial charge < -0.3 is 10.2 Å². The van der Waals surface area contributed by atoms with Gasteiger partial charge in [-0.3, -0.25) is 0 Å². The molecular formula is C7H10O3. The number of aliphatic hydroxyl groups excluding tert-OH is 1. The number of allylic oxidation sites excluding steroid dienone is 3. The molecule has 0 heterocycles. The minimum atomic E-state index is -1.39. The van der Waals surface area contributed by atoms with Gasteiger partial charge in [0.1, 0.15) is 0 Å². The van der Waals surface area contributed by atoms with Gasteiger partial charge in [0.25, 0.3) is 0 Å². The number of aliphatic carboxylic acids is 1. The molecule has 1 unspecified atom stereocenters. The molecule has 0 bridgehead atoms. The van der Waals surface area contributed by atoms with Gasteiger partial charge in [-0.25, -0.2) is 4.79 Å². The first-order valence-electron chi connectivity index (χ1n) is 2.89. The Morgan fingerprint density at radius 3 is 2.50 bits per heavy atom. The molecule has 0 saturated heterocycles. The van der Waals surface area contributed by atoms with E-state index in [0.717, 1.165) is 0 Å². The van der Waals surface area contributed by atoms with E-state index in [-0.39, 0.29) is 0 Å². The summed E-state index contributed by atoms with van der Waals surface area (Å²) in [4.78, 5) is 9.97. The maximum absolute atomic E-state index is 9.97. The third kappa shape index (κ3) is 3.86. The molecule has 0 saturated carbocycles. The highest BCUT2D eigenvalue weighted by Gasteiger charge is 2.05. The summed E-state index contributed by atoms with van der Waals surface area (Å²) >= 11 is 0. The van der Waals surface area contributed by atoms with Crippen LogP contribution in [0.2, 0.25) is 0 Å². The minimum Gasteiger partial charge on any atom is -0.479 e. The van der Waals surface area contributed by atoms with E-state index in [4.69, 9.17) is 10.2 Å². The van der Waals surface area contributed by atoms with Crippen molar-refractivity contribution >= 4 is 5.97 Å². The van der Waals surface area contributed by atoms with Gasteiger partial charge in [-0.1, -0.05) is 18.2 Å². The minimum absolute atomic E-state index is 1.20. The summed E-state index contributed by atoms with van der Waals surface area (Å²) in [5.41, 5.74) is 0. The topological polar surface area (TPSA) is 57.5 Å². The molecule has 10 heavy (non-hydrogen) atoms. The lowest BCUT2D eigenvalue weighted by Gasteiger charge is -1.93. The van der Waals surface area contributed by atoms with Crippen molar-refractivity contribution in [3.63, 3.8) is 0 Å². The van der Waals surface area contributed by atoms with E-state index in [2.05, 4.69) is 0 Å². The van der Waals surface area contributed by atoms with Crippen LogP contribution in [0.3, 0.4) is 0 Å². The monoisotopic (exact) mass is 142 g/mol. The predicted molar refractivity (Wildman–Crippen MR) is 37.6 cm³/mol. The Morgan fingerprint density at radius 2 is 2.10 bits per heavy atom. The number of aliphatic hydroxyl groups is 1. The smallest absolute Gasteiger partial charge is 0.336 e. The van der Waals surface area contributed by atoms with E-state index in [1.807, 2.05) is 0 Å². The fourth-order valence-electron chi connectivity index (χ4n) is 0.363. The van der Waals surface area contributed by atoms with E-state index in [1.165, 1.54) is 12.2 Å². The van der Waals surface area contributed by atoms with Crippen molar-refractivity contribution in [3.05, 3.63) is 24.3 Å². The van der Waals surface area contributed by atoms with Crippen molar-refractivity contribution in [1.29, 1.82) is 0 Å². The zero-order chi connectivity index (χ0) is 7.98. The summed E-state index contributed by atoms with van der Waals surface area (Å²) in [7, 11) is 0. The van der Waals surface area contributed by atoms with E-state index >= 15 is 0 Å². The summed E-state index contributed by atoms with van der Waals surface area (Å²) in [6.07, 6.45) is 4.68. The van der Waals surface area contributed by atoms with Crippen molar-refractivity contribution in [2.45, 2.75) is 13.0 Å². The standard InChI is InChI=1S/C7H10O3/c1-2-3-4-5-6(8)7(9)10/h2-6,8H,1H3,(H,9,10). The van der Waals surface area contributed by atoms with Gasteiger partial charge in [0.2, 0.25) is 0 Å². The normalized spacial score (nSPS) is 14.6. The second-order valence-corrected chi connectivity index (χ2v) is 1.69. The Balaban J connectivity index is 3.77. The van der Waals surface area contributed by atoms with Crippen LogP contribution in [0.5, 0.6) is 0 Å². The molecule has 0 rings (SSSR count). The van der Waals surface area contributed by atoms with Crippen LogP contribution in [-0.4, -0.2) is 22.3 Å². The van der Waals surface area contributed by atoms with Crippen LogP contribution in [0.25, 0.3) is 0 Å². The van der Waals surface area contributed by atoms with Crippen molar-refractivity contribution in [2.24, 2.45) is 0 Å². The van der Waals surface area contributed by atoms with Crippen molar-refractivity contribution in [1.82, 2.24) is 0 Å². The molecule has 0 aliphatic rings. The second-order valence-electron chi connectivity index (χ2n) is 1.69. The van der Waals surface area contributed by atoms with E-state index in [1.54, 1.807) is 19.1 Å². The molecule has 1 atom stereocenters. The van der Waals surface area contributed by atoms with Crippen molar-refractivity contribution in [2.75, 3.05) is 0 Å². The van der Waals surface area contributed by atoms with Crippen LogP contribution in [0.4, 0.5) is 0 Å². The first kappa shape index (κ1) is 8.91. The Labute approximate surface area is 59.3 Å². The van der Waals surface area contributed by atoms with Gasteiger partial charge in [-0.05, 0) is 13.0 Å². The average Bonchev–Trinajstić information content (AvgIpc) is 1.88. The lowest BCUT2D eigenvalue weighted by Crippen LogP contribution is -2.15. The zero-order valence-electron chi connectivity index (χ0n) is 5.69. The summed E-state index contributed by atoms with van der Waals surface area (Å²) in [6, 6.07) is 0. The van der Waals surface area contributed by atoms with E-state index < -0.39 is 12.1 Å². The van der Waals surface area contributed by atoms with Gasteiger partial charge in [0.15, 0.2) is 6.10 Å². The fourth-order valence-corrected chi connectivity index (χ4v) is 0.363. The van der Waals surface area contributed by atoms with Crippen LogP contribution in [0.1, 0.15) is 6.92 Å². The van der Waals surface area contributed by atoms with Crippen LogP contribution < -0.4 is 0 Å². The predicted octanol–water partition coefficient (Wildman–Crippen LogP) is 0.564. The Morgan fingerprint density at radius 1 is 1.50 bits per heavy atom. The first-order valence-corrected chi connectivity index (χ1v) is 2.89. The molecule has 0 amide bonds. The van der Waals surface area contributed by atoms with Crippen LogP contribution in [-0.2, 0) is 4.79 Å². The number of hydrogen-bond acceptors (Lipinski definition) is 2. The van der Waals surface area contributed by atoms with E-state index in [9.17, 15) is 4.79 Å². The molecule has 3 nitrogen and oxygen atoms in total. The number of carboxylic acids is 1. The molecule has 0 aromatic carbocycles. The second kappa shape index (κ2) is 4.76. The van der Waals surface area contributed by atoms with Gasteiger partial charge >= 0.3 is 5.97 Å². The molecule has 0 aliphatic carbocycles. The SMILES string of the molecule is CC=CC=CC(O)C(=O)O. The molecule has 2 N–H and O–H groups in total. The van der Waals surface area contributed by atoms with Gasteiger partial charge in [0, 0.05) is 0 Å². The summed E-state index contributed by atoms with van der Waals surface area (Å²) in [5.74, 6) is -1.24. The largest absolute Gasteiger partial charge is 0.479 e. The maximum atomic E-state index is 9.97. The lowest BCUT2D eigenvalue weighted by molar-refractivity contribution is -0.144. The summed E-state index contributed by atoms with van der Waals surface area (Å²) in [6.45, 7) is 1.80. The number of carbonyl (C=O) groups is 1. The quantitative estimate of drug-likeness (QED) is 0.566. The number of carboxylic acid groups (broad SMARTS) is 1. The molecule has 0 aliphatic heterocycles.